The fourth-order valence-corrected chi connectivity index (χ4v) is 3.22. The highest BCUT2D eigenvalue weighted by Gasteiger charge is 2.17. The molecule has 104 valence electrons. The summed E-state index contributed by atoms with van der Waals surface area (Å²) in [5, 5.41) is 13.8. The molecular formula is C15H9BrN2O2S. The molecule has 0 unspecified atom stereocenters. The maximum Gasteiger partial charge on any atom is 0.278 e. The Kier molecular flexibility index (Phi) is 3.81. The zero-order valence-electron chi connectivity index (χ0n) is 10.7. The molecule has 0 bridgehead atoms. The summed E-state index contributed by atoms with van der Waals surface area (Å²) in [7, 11) is 0. The summed E-state index contributed by atoms with van der Waals surface area (Å²) in [5.74, 6) is 0. The summed E-state index contributed by atoms with van der Waals surface area (Å²) in [5.41, 5.74) is 2.23. The molecule has 3 aromatic rings. The molecule has 0 aliphatic rings. The first-order valence-electron chi connectivity index (χ1n) is 6.10. The molecule has 0 fully saturated rings. The monoisotopic (exact) mass is 360 g/mol. The number of hydrogen-bond acceptors (Lipinski definition) is 4. The smallest absolute Gasteiger partial charge is 0.258 e. The van der Waals surface area contributed by atoms with E-state index < -0.39 is 0 Å². The van der Waals surface area contributed by atoms with Gasteiger partial charge in [-0.2, -0.15) is 0 Å². The molecule has 1 heterocycles. The third kappa shape index (κ3) is 2.86. The van der Waals surface area contributed by atoms with E-state index in [-0.39, 0.29) is 10.6 Å². The van der Waals surface area contributed by atoms with Crippen LogP contribution in [0.4, 0.5) is 5.69 Å². The summed E-state index contributed by atoms with van der Waals surface area (Å²) >= 11 is 4.90. The summed E-state index contributed by atoms with van der Waals surface area (Å²) in [6.45, 7) is 0. The van der Waals surface area contributed by atoms with E-state index in [4.69, 9.17) is 0 Å². The van der Waals surface area contributed by atoms with Crippen molar-refractivity contribution < 1.29 is 4.92 Å². The Morgan fingerprint density at radius 3 is 2.71 bits per heavy atom. The second kappa shape index (κ2) is 5.75. The van der Waals surface area contributed by atoms with Gasteiger partial charge in [-0.25, -0.2) is 4.98 Å². The first kappa shape index (κ1) is 13.9. The van der Waals surface area contributed by atoms with E-state index in [1.807, 2.05) is 29.6 Å². The molecule has 0 saturated heterocycles. The van der Waals surface area contributed by atoms with Crippen LogP contribution in [0, 0.1) is 10.1 Å². The number of benzene rings is 2. The van der Waals surface area contributed by atoms with Crippen molar-refractivity contribution in [3.63, 3.8) is 0 Å². The zero-order valence-corrected chi connectivity index (χ0v) is 13.1. The van der Waals surface area contributed by atoms with Gasteiger partial charge in [0, 0.05) is 21.5 Å². The Bertz CT molecular complexity index is 817. The standard InChI is InChI=1S/C15H9BrN2O2S/c16-11-5-3-4-10(8-11)15-17-13(9-21-15)12-6-1-2-7-14(12)18(19)20/h1-9H. The highest BCUT2D eigenvalue weighted by Crippen LogP contribution is 2.34. The van der Waals surface area contributed by atoms with E-state index in [2.05, 4.69) is 20.9 Å². The molecule has 21 heavy (non-hydrogen) atoms. The van der Waals surface area contributed by atoms with Crippen LogP contribution < -0.4 is 0 Å². The van der Waals surface area contributed by atoms with Crippen LogP contribution >= 0.6 is 27.3 Å². The van der Waals surface area contributed by atoms with Gasteiger partial charge in [0.15, 0.2) is 0 Å². The van der Waals surface area contributed by atoms with Crippen LogP contribution in [0.15, 0.2) is 58.4 Å². The van der Waals surface area contributed by atoms with Crippen LogP contribution in [0.3, 0.4) is 0 Å². The van der Waals surface area contributed by atoms with Crippen LogP contribution in [0.5, 0.6) is 0 Å². The molecule has 0 atom stereocenters. The number of thiazole rings is 1. The number of halogens is 1. The molecule has 1 aromatic heterocycles. The van der Waals surface area contributed by atoms with Crippen LogP contribution in [0.1, 0.15) is 0 Å². The minimum absolute atomic E-state index is 0.0728. The van der Waals surface area contributed by atoms with Crippen LogP contribution in [-0.2, 0) is 0 Å². The lowest BCUT2D eigenvalue weighted by Crippen LogP contribution is -1.91. The van der Waals surface area contributed by atoms with Crippen molar-refractivity contribution >= 4 is 33.0 Å². The predicted octanol–water partition coefficient (Wildman–Crippen LogP) is 5.15. The maximum absolute atomic E-state index is 11.1. The van der Waals surface area contributed by atoms with Crippen molar-refractivity contribution in [2.75, 3.05) is 0 Å². The van der Waals surface area contributed by atoms with Gasteiger partial charge in [0.05, 0.1) is 16.2 Å². The SMILES string of the molecule is O=[N+]([O-])c1ccccc1-c1csc(-c2cccc(Br)c2)n1. The van der Waals surface area contributed by atoms with Crippen LogP contribution in [-0.4, -0.2) is 9.91 Å². The fourth-order valence-electron chi connectivity index (χ4n) is 2.00. The predicted molar refractivity (Wildman–Crippen MR) is 87.3 cm³/mol. The minimum atomic E-state index is -0.381. The first-order valence-corrected chi connectivity index (χ1v) is 7.77. The Hall–Kier alpha value is -2.05. The quantitative estimate of drug-likeness (QED) is 0.479. The number of aromatic nitrogens is 1. The Morgan fingerprint density at radius 2 is 1.95 bits per heavy atom. The molecular weight excluding hydrogens is 352 g/mol. The topological polar surface area (TPSA) is 56.0 Å². The van der Waals surface area contributed by atoms with Gasteiger partial charge in [0.1, 0.15) is 5.01 Å². The third-order valence-electron chi connectivity index (χ3n) is 2.95. The molecule has 0 amide bonds. The number of hydrogen-bond donors (Lipinski definition) is 0. The fraction of sp³-hybridized carbons (Fsp3) is 0. The molecule has 6 heteroatoms. The molecule has 0 aliphatic heterocycles. The van der Waals surface area contributed by atoms with Crippen molar-refractivity contribution in [3.05, 3.63) is 68.5 Å². The van der Waals surface area contributed by atoms with Gasteiger partial charge in [0.25, 0.3) is 5.69 Å². The number of rotatable bonds is 3. The van der Waals surface area contributed by atoms with E-state index in [1.165, 1.54) is 17.4 Å². The van der Waals surface area contributed by atoms with Gasteiger partial charge < -0.3 is 0 Å². The number of para-hydroxylation sites is 1. The van der Waals surface area contributed by atoms with E-state index >= 15 is 0 Å². The van der Waals surface area contributed by atoms with Crippen molar-refractivity contribution in [2.24, 2.45) is 0 Å². The molecule has 4 nitrogen and oxygen atoms in total. The highest BCUT2D eigenvalue weighted by atomic mass is 79.9. The molecule has 0 N–H and O–H groups in total. The number of nitro groups is 1. The Morgan fingerprint density at radius 1 is 1.14 bits per heavy atom. The van der Waals surface area contributed by atoms with Gasteiger partial charge >= 0.3 is 0 Å². The maximum atomic E-state index is 11.1. The number of nitrogens with zero attached hydrogens (tertiary/aromatic N) is 2. The average molecular weight is 361 g/mol. The molecule has 3 rings (SSSR count). The van der Waals surface area contributed by atoms with Gasteiger partial charge in [-0.15, -0.1) is 11.3 Å². The lowest BCUT2D eigenvalue weighted by Gasteiger charge is -1.99. The minimum Gasteiger partial charge on any atom is -0.258 e. The second-order valence-electron chi connectivity index (χ2n) is 4.32. The van der Waals surface area contributed by atoms with Crippen molar-refractivity contribution in [3.8, 4) is 21.8 Å². The van der Waals surface area contributed by atoms with Gasteiger partial charge in [-0.1, -0.05) is 40.2 Å². The molecule has 0 radical (unpaired) electrons. The van der Waals surface area contributed by atoms with Gasteiger partial charge in [-0.05, 0) is 18.2 Å². The lowest BCUT2D eigenvalue weighted by atomic mass is 10.1. The lowest BCUT2D eigenvalue weighted by molar-refractivity contribution is -0.384. The number of nitro benzene ring substituents is 1. The van der Waals surface area contributed by atoms with Crippen molar-refractivity contribution in [1.82, 2.24) is 4.98 Å². The Balaban J connectivity index is 2.05. The average Bonchev–Trinajstić information content (AvgIpc) is 2.97. The second-order valence-corrected chi connectivity index (χ2v) is 6.10. The molecule has 0 spiro atoms. The summed E-state index contributed by atoms with van der Waals surface area (Å²) in [6, 6.07) is 14.5. The van der Waals surface area contributed by atoms with Crippen molar-refractivity contribution in [1.29, 1.82) is 0 Å². The van der Waals surface area contributed by atoms with Gasteiger partial charge in [-0.3, -0.25) is 10.1 Å². The summed E-state index contributed by atoms with van der Waals surface area (Å²) in [4.78, 5) is 15.2. The first-order chi connectivity index (χ1) is 10.1. The third-order valence-corrected chi connectivity index (χ3v) is 4.34. The van der Waals surface area contributed by atoms with E-state index in [0.29, 0.717) is 11.3 Å². The zero-order chi connectivity index (χ0) is 14.8. The highest BCUT2D eigenvalue weighted by molar-refractivity contribution is 9.10. The van der Waals surface area contributed by atoms with Gasteiger partial charge in [0.2, 0.25) is 0 Å². The van der Waals surface area contributed by atoms with E-state index in [0.717, 1.165) is 15.0 Å². The molecule has 2 aromatic carbocycles. The largest absolute Gasteiger partial charge is 0.278 e. The van der Waals surface area contributed by atoms with Crippen LogP contribution in [0.2, 0.25) is 0 Å². The summed E-state index contributed by atoms with van der Waals surface area (Å²) < 4.78 is 0.974. The van der Waals surface area contributed by atoms with E-state index in [1.54, 1.807) is 18.2 Å². The normalized spacial score (nSPS) is 10.5. The Labute approximate surface area is 133 Å². The molecule has 0 aliphatic carbocycles. The van der Waals surface area contributed by atoms with Crippen molar-refractivity contribution in [2.45, 2.75) is 0 Å². The van der Waals surface area contributed by atoms with Crippen LogP contribution in [0.25, 0.3) is 21.8 Å². The van der Waals surface area contributed by atoms with E-state index in [9.17, 15) is 10.1 Å². The molecule has 0 saturated carbocycles. The summed E-state index contributed by atoms with van der Waals surface area (Å²) in [6.07, 6.45) is 0.